The van der Waals surface area contributed by atoms with Crippen LogP contribution in [0.3, 0.4) is 0 Å². The molecule has 0 saturated carbocycles. The first-order valence-corrected chi connectivity index (χ1v) is 3.60. The Balaban J connectivity index is 3.07. The zero-order chi connectivity index (χ0) is 10.1. The van der Waals surface area contributed by atoms with Gasteiger partial charge in [0.2, 0.25) is 0 Å². The number of alkyl halides is 4. The summed E-state index contributed by atoms with van der Waals surface area (Å²) in [7, 11) is 0. The molecule has 0 amide bonds. The van der Waals surface area contributed by atoms with Crippen molar-refractivity contribution in [2.45, 2.75) is 12.3 Å². The number of hydrogen-bond acceptors (Lipinski definition) is 1. The summed E-state index contributed by atoms with van der Waals surface area (Å²) in [6, 6.07) is 1.94. The zero-order valence-corrected chi connectivity index (χ0v) is 6.90. The Bertz CT molecular complexity index is 302. The van der Waals surface area contributed by atoms with Gasteiger partial charge in [-0.3, -0.25) is 4.98 Å². The topological polar surface area (TPSA) is 12.9 Å². The Morgan fingerprint density at radius 1 is 1.38 bits per heavy atom. The van der Waals surface area contributed by atoms with Gasteiger partial charge in [-0.15, -0.1) is 0 Å². The molecule has 0 spiro atoms. The third-order valence-corrected chi connectivity index (χ3v) is 1.57. The summed E-state index contributed by atoms with van der Waals surface area (Å²) in [5.41, 5.74) is -1.02. The van der Waals surface area contributed by atoms with E-state index >= 15 is 0 Å². The van der Waals surface area contributed by atoms with Gasteiger partial charge in [-0.05, 0) is 12.1 Å². The van der Waals surface area contributed by atoms with Crippen LogP contribution in [0.2, 0.25) is 5.02 Å². The molecule has 13 heavy (non-hydrogen) atoms. The lowest BCUT2D eigenvalue weighted by Gasteiger charge is -2.13. The Kier molecular flexibility index (Phi) is 2.75. The number of pyridine rings is 1. The van der Waals surface area contributed by atoms with Gasteiger partial charge in [-0.2, -0.15) is 8.78 Å². The predicted molar refractivity (Wildman–Crippen MR) is 39.1 cm³/mol. The van der Waals surface area contributed by atoms with Crippen LogP contribution in [-0.2, 0) is 5.92 Å². The van der Waals surface area contributed by atoms with E-state index in [2.05, 4.69) is 4.98 Å². The van der Waals surface area contributed by atoms with Crippen LogP contribution < -0.4 is 0 Å². The lowest BCUT2D eigenvalue weighted by Crippen LogP contribution is -2.24. The highest BCUT2D eigenvalue weighted by molar-refractivity contribution is 6.30. The fourth-order valence-corrected chi connectivity index (χ4v) is 0.859. The normalized spacial score (nSPS) is 12.2. The lowest BCUT2D eigenvalue weighted by atomic mass is 10.2. The minimum absolute atomic E-state index is 0.0506. The summed E-state index contributed by atoms with van der Waals surface area (Å²) in [5.74, 6) is -4.25. The molecule has 0 aliphatic carbocycles. The molecule has 0 N–H and O–H groups in total. The van der Waals surface area contributed by atoms with Crippen LogP contribution in [0.5, 0.6) is 0 Å². The predicted octanol–water partition coefficient (Wildman–Crippen LogP) is 3.09. The van der Waals surface area contributed by atoms with E-state index in [4.69, 9.17) is 11.6 Å². The van der Waals surface area contributed by atoms with Crippen LogP contribution in [0.4, 0.5) is 17.6 Å². The molecular weight excluding hydrogens is 210 g/mol. The van der Waals surface area contributed by atoms with Gasteiger partial charge in [0.05, 0.1) is 0 Å². The van der Waals surface area contributed by atoms with Crippen molar-refractivity contribution >= 4 is 11.6 Å². The summed E-state index contributed by atoms with van der Waals surface area (Å²) in [6.45, 7) is 0. The fourth-order valence-electron chi connectivity index (χ4n) is 0.699. The minimum Gasteiger partial charge on any atom is -0.255 e. The molecule has 1 aromatic heterocycles. The number of hydrogen-bond donors (Lipinski definition) is 0. The average Bonchev–Trinajstić information content (AvgIpc) is 2.04. The number of nitrogens with zero attached hydrogens (tertiary/aromatic N) is 1. The molecule has 0 fully saturated rings. The van der Waals surface area contributed by atoms with E-state index < -0.39 is 18.0 Å². The Labute approximate surface area is 76.3 Å². The highest BCUT2D eigenvalue weighted by Crippen LogP contribution is 2.33. The zero-order valence-electron chi connectivity index (χ0n) is 6.15. The number of halogens is 5. The fraction of sp³-hybridized carbons (Fsp3) is 0.286. The van der Waals surface area contributed by atoms with Crippen LogP contribution in [0.25, 0.3) is 0 Å². The molecule has 72 valence electrons. The molecule has 0 aliphatic rings. The molecule has 6 heteroatoms. The average molecular weight is 214 g/mol. The molecule has 0 aromatic carbocycles. The maximum Gasteiger partial charge on any atom is 0.348 e. The van der Waals surface area contributed by atoms with E-state index in [9.17, 15) is 17.6 Å². The summed E-state index contributed by atoms with van der Waals surface area (Å²) >= 11 is 5.34. The van der Waals surface area contributed by atoms with Gasteiger partial charge in [0.1, 0.15) is 5.69 Å². The van der Waals surface area contributed by atoms with Crippen molar-refractivity contribution in [1.29, 1.82) is 0 Å². The van der Waals surface area contributed by atoms with Crippen molar-refractivity contribution in [3.8, 4) is 0 Å². The van der Waals surface area contributed by atoms with Crippen molar-refractivity contribution in [3.63, 3.8) is 0 Å². The first-order valence-electron chi connectivity index (χ1n) is 3.22. The molecule has 1 heterocycles. The van der Waals surface area contributed by atoms with Crippen molar-refractivity contribution < 1.29 is 17.6 Å². The second kappa shape index (κ2) is 3.49. The number of rotatable bonds is 2. The third kappa shape index (κ3) is 2.09. The Morgan fingerprint density at radius 3 is 2.46 bits per heavy atom. The molecule has 0 saturated heterocycles. The van der Waals surface area contributed by atoms with Crippen LogP contribution >= 0.6 is 11.6 Å². The monoisotopic (exact) mass is 213 g/mol. The van der Waals surface area contributed by atoms with Gasteiger partial charge >= 0.3 is 12.3 Å². The first-order chi connectivity index (χ1) is 5.94. The Morgan fingerprint density at radius 2 is 2.00 bits per heavy atom. The molecular formula is C7H4ClF4N. The smallest absolute Gasteiger partial charge is 0.255 e. The quantitative estimate of drug-likeness (QED) is 0.688. The first kappa shape index (κ1) is 10.2. The van der Waals surface area contributed by atoms with Gasteiger partial charge in [0.15, 0.2) is 0 Å². The van der Waals surface area contributed by atoms with Crippen molar-refractivity contribution in [2.24, 2.45) is 0 Å². The molecule has 1 rings (SSSR count). The van der Waals surface area contributed by atoms with E-state index in [0.717, 1.165) is 6.20 Å². The SMILES string of the molecule is FC(F)C(F)(F)c1cc(Cl)ccn1. The highest BCUT2D eigenvalue weighted by atomic mass is 35.5. The second-order valence-corrected chi connectivity index (χ2v) is 2.72. The summed E-state index contributed by atoms with van der Waals surface area (Å²) in [6.07, 6.45) is -2.83. The van der Waals surface area contributed by atoms with Crippen LogP contribution in [0, 0.1) is 0 Å². The van der Waals surface area contributed by atoms with Crippen LogP contribution in [0.15, 0.2) is 18.3 Å². The highest BCUT2D eigenvalue weighted by Gasteiger charge is 2.44. The molecule has 0 bridgehead atoms. The number of aromatic nitrogens is 1. The molecule has 0 atom stereocenters. The molecule has 1 aromatic rings. The molecule has 1 nitrogen and oxygen atoms in total. The maximum absolute atomic E-state index is 12.6. The van der Waals surface area contributed by atoms with Crippen LogP contribution in [0.1, 0.15) is 5.69 Å². The van der Waals surface area contributed by atoms with E-state index in [1.165, 1.54) is 6.07 Å². The van der Waals surface area contributed by atoms with Crippen molar-refractivity contribution in [1.82, 2.24) is 4.98 Å². The third-order valence-electron chi connectivity index (χ3n) is 1.34. The van der Waals surface area contributed by atoms with Crippen LogP contribution in [-0.4, -0.2) is 11.4 Å². The largest absolute Gasteiger partial charge is 0.348 e. The molecule has 0 unspecified atom stereocenters. The van der Waals surface area contributed by atoms with Gasteiger partial charge in [-0.25, -0.2) is 8.78 Å². The van der Waals surface area contributed by atoms with E-state index in [-0.39, 0.29) is 5.02 Å². The Hall–Kier alpha value is -0.840. The van der Waals surface area contributed by atoms with Gasteiger partial charge < -0.3 is 0 Å². The summed E-state index contributed by atoms with van der Waals surface area (Å²) in [5, 5.41) is -0.0506. The van der Waals surface area contributed by atoms with Gasteiger partial charge in [-0.1, -0.05) is 11.6 Å². The van der Waals surface area contributed by atoms with Gasteiger partial charge in [0, 0.05) is 11.2 Å². The summed E-state index contributed by atoms with van der Waals surface area (Å²) < 4.78 is 48.8. The van der Waals surface area contributed by atoms with Crippen molar-refractivity contribution in [3.05, 3.63) is 29.0 Å². The second-order valence-electron chi connectivity index (χ2n) is 2.28. The standard InChI is InChI=1S/C7H4ClF4N/c8-4-1-2-13-5(3-4)7(11,12)6(9)10/h1-3,6H. The van der Waals surface area contributed by atoms with E-state index in [1.54, 1.807) is 0 Å². The molecule has 0 radical (unpaired) electrons. The lowest BCUT2D eigenvalue weighted by molar-refractivity contribution is -0.137. The van der Waals surface area contributed by atoms with Crippen molar-refractivity contribution in [2.75, 3.05) is 0 Å². The molecule has 0 aliphatic heterocycles. The van der Waals surface area contributed by atoms with E-state index in [1.807, 2.05) is 0 Å². The van der Waals surface area contributed by atoms with E-state index in [0.29, 0.717) is 6.07 Å². The van der Waals surface area contributed by atoms with Gasteiger partial charge in [0.25, 0.3) is 0 Å². The minimum atomic E-state index is -4.25. The summed E-state index contributed by atoms with van der Waals surface area (Å²) in [4.78, 5) is 3.12. The maximum atomic E-state index is 12.6.